The molecule has 0 atom stereocenters. The van der Waals surface area contributed by atoms with E-state index in [9.17, 15) is 0 Å². The first-order valence-electron chi connectivity index (χ1n) is 7.07. The van der Waals surface area contributed by atoms with Crippen molar-refractivity contribution in [2.45, 2.75) is 25.8 Å². The largest absolute Gasteiger partial charge is 0.350 e. The van der Waals surface area contributed by atoms with Gasteiger partial charge in [0.1, 0.15) is 9.98 Å². The highest BCUT2D eigenvalue weighted by molar-refractivity contribution is 7.19. The molecule has 0 aliphatic heterocycles. The van der Waals surface area contributed by atoms with E-state index in [-0.39, 0.29) is 0 Å². The van der Waals surface area contributed by atoms with E-state index in [1.165, 1.54) is 22.4 Å². The van der Waals surface area contributed by atoms with Gasteiger partial charge in [0.05, 0.1) is 5.39 Å². The third-order valence-corrected chi connectivity index (χ3v) is 5.27. The molecule has 0 saturated carbocycles. The van der Waals surface area contributed by atoms with Crippen LogP contribution in [0, 0.1) is 0 Å². The zero-order valence-corrected chi connectivity index (χ0v) is 13.0. The standard InChI is InChI=1S/C16H14ClN3S/c17-14-13-11-7-4-8-12(11)21-15(13)20-16(19-14)18-9-10-5-2-1-3-6-10/h1-3,5-6H,4,7-9H2,(H,18,19,20). The number of halogens is 1. The van der Waals surface area contributed by atoms with Crippen molar-refractivity contribution in [1.29, 1.82) is 0 Å². The number of hydrogen-bond acceptors (Lipinski definition) is 4. The molecule has 4 rings (SSSR count). The monoisotopic (exact) mass is 315 g/mol. The van der Waals surface area contributed by atoms with E-state index in [0.29, 0.717) is 17.6 Å². The van der Waals surface area contributed by atoms with Crippen LogP contribution in [0.2, 0.25) is 5.15 Å². The summed E-state index contributed by atoms with van der Waals surface area (Å²) in [5.74, 6) is 0.608. The van der Waals surface area contributed by atoms with E-state index < -0.39 is 0 Å². The maximum absolute atomic E-state index is 6.38. The molecule has 106 valence electrons. The van der Waals surface area contributed by atoms with Crippen LogP contribution in [0.4, 0.5) is 5.95 Å². The number of fused-ring (bicyclic) bond motifs is 3. The summed E-state index contributed by atoms with van der Waals surface area (Å²) in [5.41, 5.74) is 2.57. The molecule has 3 aromatic rings. The van der Waals surface area contributed by atoms with Gasteiger partial charge in [0.25, 0.3) is 0 Å². The fourth-order valence-corrected chi connectivity index (χ4v) is 4.41. The van der Waals surface area contributed by atoms with Gasteiger partial charge in [-0.05, 0) is 30.4 Å². The number of anilines is 1. The maximum atomic E-state index is 6.38. The lowest BCUT2D eigenvalue weighted by Gasteiger charge is -2.06. The number of thiophene rings is 1. The van der Waals surface area contributed by atoms with Crippen LogP contribution in [0.25, 0.3) is 10.2 Å². The van der Waals surface area contributed by atoms with Gasteiger partial charge in [-0.1, -0.05) is 41.9 Å². The molecule has 1 aliphatic carbocycles. The first-order valence-corrected chi connectivity index (χ1v) is 8.26. The van der Waals surface area contributed by atoms with Crippen LogP contribution in [-0.2, 0) is 19.4 Å². The third kappa shape index (κ3) is 2.39. The molecule has 0 bridgehead atoms. The summed E-state index contributed by atoms with van der Waals surface area (Å²) < 4.78 is 0. The number of rotatable bonds is 3. The van der Waals surface area contributed by atoms with Gasteiger partial charge in [0, 0.05) is 11.4 Å². The Morgan fingerprint density at radius 3 is 2.86 bits per heavy atom. The van der Waals surface area contributed by atoms with Crippen LogP contribution < -0.4 is 5.32 Å². The molecule has 1 aliphatic rings. The first-order chi connectivity index (χ1) is 10.3. The van der Waals surface area contributed by atoms with Crippen LogP contribution in [0.5, 0.6) is 0 Å². The van der Waals surface area contributed by atoms with Crippen LogP contribution in [0.3, 0.4) is 0 Å². The highest BCUT2D eigenvalue weighted by Gasteiger charge is 2.21. The average molecular weight is 316 g/mol. The predicted molar refractivity (Wildman–Crippen MR) is 88.2 cm³/mol. The number of benzene rings is 1. The van der Waals surface area contributed by atoms with Crippen LogP contribution >= 0.6 is 22.9 Å². The Hall–Kier alpha value is -1.65. The predicted octanol–water partition coefficient (Wildman–Crippen LogP) is 4.45. The first kappa shape index (κ1) is 13.0. The molecule has 0 radical (unpaired) electrons. The van der Waals surface area contributed by atoms with E-state index in [4.69, 9.17) is 11.6 Å². The van der Waals surface area contributed by atoms with E-state index in [0.717, 1.165) is 23.1 Å². The molecule has 3 nitrogen and oxygen atoms in total. The lowest BCUT2D eigenvalue weighted by Crippen LogP contribution is -2.03. The second-order valence-corrected chi connectivity index (χ2v) is 6.66. The van der Waals surface area contributed by atoms with E-state index in [1.807, 2.05) is 18.2 Å². The SMILES string of the molecule is Clc1nc(NCc2ccccc2)nc2sc3c(c12)CCC3. The summed E-state index contributed by atoms with van der Waals surface area (Å²) in [6.45, 7) is 0.702. The fraction of sp³-hybridized carbons (Fsp3) is 0.250. The zero-order valence-electron chi connectivity index (χ0n) is 11.4. The molecule has 0 saturated heterocycles. The van der Waals surface area contributed by atoms with Crippen molar-refractivity contribution in [3.8, 4) is 0 Å². The fourth-order valence-electron chi connectivity index (χ4n) is 2.81. The second-order valence-electron chi connectivity index (χ2n) is 5.21. The van der Waals surface area contributed by atoms with Crippen molar-refractivity contribution in [2.24, 2.45) is 0 Å². The zero-order chi connectivity index (χ0) is 14.2. The summed E-state index contributed by atoms with van der Waals surface area (Å²) in [6.07, 6.45) is 3.48. The Morgan fingerprint density at radius 2 is 2.00 bits per heavy atom. The van der Waals surface area contributed by atoms with Crippen molar-refractivity contribution >= 4 is 39.1 Å². The summed E-state index contributed by atoms with van der Waals surface area (Å²) in [5, 5.41) is 4.91. The van der Waals surface area contributed by atoms with Gasteiger partial charge in [-0.15, -0.1) is 11.3 Å². The topological polar surface area (TPSA) is 37.8 Å². The Morgan fingerprint density at radius 1 is 1.14 bits per heavy atom. The number of aryl methyl sites for hydroxylation is 2. The van der Waals surface area contributed by atoms with Crippen LogP contribution in [0.15, 0.2) is 30.3 Å². The molecule has 2 aromatic heterocycles. The molecule has 0 unspecified atom stereocenters. The summed E-state index contributed by atoms with van der Waals surface area (Å²) in [7, 11) is 0. The number of aromatic nitrogens is 2. The van der Waals surface area contributed by atoms with E-state index in [2.05, 4.69) is 27.4 Å². The lowest BCUT2D eigenvalue weighted by atomic mass is 10.2. The smallest absolute Gasteiger partial charge is 0.225 e. The number of hydrogen-bond donors (Lipinski definition) is 1. The lowest BCUT2D eigenvalue weighted by molar-refractivity contribution is 0.917. The minimum absolute atomic E-state index is 0.579. The molecular weight excluding hydrogens is 302 g/mol. The molecule has 1 aromatic carbocycles. The quantitative estimate of drug-likeness (QED) is 0.726. The Labute approximate surface area is 132 Å². The normalized spacial score (nSPS) is 13.6. The van der Waals surface area contributed by atoms with Gasteiger partial charge >= 0.3 is 0 Å². The summed E-state index contributed by atoms with van der Waals surface area (Å²) in [4.78, 5) is 11.5. The number of nitrogens with zero attached hydrogens (tertiary/aromatic N) is 2. The maximum Gasteiger partial charge on any atom is 0.225 e. The average Bonchev–Trinajstić information content (AvgIpc) is 3.06. The Bertz CT molecular complexity index is 798. The van der Waals surface area contributed by atoms with E-state index >= 15 is 0 Å². The molecule has 1 N–H and O–H groups in total. The molecule has 2 heterocycles. The van der Waals surface area contributed by atoms with Crippen molar-refractivity contribution in [3.63, 3.8) is 0 Å². The third-order valence-electron chi connectivity index (χ3n) is 3.81. The molecule has 21 heavy (non-hydrogen) atoms. The van der Waals surface area contributed by atoms with Gasteiger partial charge in [-0.2, -0.15) is 0 Å². The van der Waals surface area contributed by atoms with Crippen molar-refractivity contribution in [1.82, 2.24) is 9.97 Å². The minimum atomic E-state index is 0.579. The second kappa shape index (κ2) is 5.28. The highest BCUT2D eigenvalue weighted by atomic mass is 35.5. The van der Waals surface area contributed by atoms with Gasteiger partial charge in [-0.25, -0.2) is 9.97 Å². The van der Waals surface area contributed by atoms with Gasteiger partial charge in [-0.3, -0.25) is 0 Å². The van der Waals surface area contributed by atoms with Gasteiger partial charge in [0.2, 0.25) is 5.95 Å². The summed E-state index contributed by atoms with van der Waals surface area (Å²) >= 11 is 8.15. The van der Waals surface area contributed by atoms with Crippen molar-refractivity contribution < 1.29 is 0 Å². The molecular formula is C16H14ClN3S. The minimum Gasteiger partial charge on any atom is -0.350 e. The molecule has 0 spiro atoms. The summed E-state index contributed by atoms with van der Waals surface area (Å²) in [6, 6.07) is 10.2. The molecule has 0 amide bonds. The van der Waals surface area contributed by atoms with Crippen LogP contribution in [0.1, 0.15) is 22.4 Å². The van der Waals surface area contributed by atoms with Gasteiger partial charge in [0.15, 0.2) is 0 Å². The van der Waals surface area contributed by atoms with Crippen LogP contribution in [-0.4, -0.2) is 9.97 Å². The van der Waals surface area contributed by atoms with Crippen molar-refractivity contribution in [2.75, 3.05) is 5.32 Å². The van der Waals surface area contributed by atoms with E-state index in [1.54, 1.807) is 11.3 Å². The van der Waals surface area contributed by atoms with Crippen molar-refractivity contribution in [3.05, 3.63) is 51.5 Å². The number of nitrogens with one attached hydrogen (secondary N) is 1. The van der Waals surface area contributed by atoms with Gasteiger partial charge < -0.3 is 5.32 Å². The molecule has 5 heteroatoms. The Balaban J connectivity index is 1.65. The molecule has 0 fully saturated rings. The highest BCUT2D eigenvalue weighted by Crippen LogP contribution is 2.39. The Kier molecular flexibility index (Phi) is 3.28.